The van der Waals surface area contributed by atoms with Crippen LogP contribution in [0.15, 0.2) is 12.3 Å². The first-order valence-electron chi connectivity index (χ1n) is 5.74. The van der Waals surface area contributed by atoms with Gasteiger partial charge in [-0.05, 0) is 39.6 Å². The molecule has 0 saturated carbocycles. The maximum Gasteiger partial charge on any atom is 0.202 e. The summed E-state index contributed by atoms with van der Waals surface area (Å²) in [5.41, 5.74) is 8.84. The minimum Gasteiger partial charge on any atom is -0.369 e. The molecular weight excluding hydrogens is 214 g/mol. The van der Waals surface area contributed by atoms with E-state index in [2.05, 4.69) is 35.9 Å². The highest BCUT2D eigenvalue weighted by molar-refractivity contribution is 5.77. The van der Waals surface area contributed by atoms with Crippen molar-refractivity contribution in [2.45, 2.75) is 26.4 Å². The zero-order chi connectivity index (χ0) is 12.6. The molecule has 0 fully saturated rings. The molecule has 0 aromatic carbocycles. The minimum absolute atomic E-state index is 0.386. The number of pyridine rings is 1. The van der Waals surface area contributed by atoms with Gasteiger partial charge in [0, 0.05) is 18.8 Å². The summed E-state index contributed by atoms with van der Waals surface area (Å²) in [6.07, 6.45) is 1.80. The molecule has 0 spiro atoms. The Bertz CT molecular complexity index is 529. The Kier molecular flexibility index (Phi) is 3.02. The van der Waals surface area contributed by atoms with Gasteiger partial charge in [-0.1, -0.05) is 0 Å². The Balaban J connectivity index is 2.47. The van der Waals surface area contributed by atoms with Crippen molar-refractivity contribution in [3.05, 3.63) is 17.8 Å². The summed E-state index contributed by atoms with van der Waals surface area (Å²) >= 11 is 0. The van der Waals surface area contributed by atoms with E-state index >= 15 is 0 Å². The molecule has 2 aromatic rings. The molecule has 2 N–H and O–H groups in total. The molecule has 0 aliphatic carbocycles. The van der Waals surface area contributed by atoms with E-state index in [1.165, 1.54) is 0 Å². The normalized spacial score (nSPS) is 13.5. The molecule has 1 atom stereocenters. The quantitative estimate of drug-likeness (QED) is 0.867. The zero-order valence-electron chi connectivity index (χ0n) is 10.8. The number of anilines is 1. The Labute approximate surface area is 101 Å². The van der Waals surface area contributed by atoms with Gasteiger partial charge in [-0.2, -0.15) is 0 Å². The molecule has 17 heavy (non-hydrogen) atoms. The maximum atomic E-state index is 5.96. The van der Waals surface area contributed by atoms with Gasteiger partial charge >= 0.3 is 0 Å². The fraction of sp³-hybridized carbons (Fsp3) is 0.500. The van der Waals surface area contributed by atoms with E-state index < -0.39 is 0 Å². The monoisotopic (exact) mass is 233 g/mol. The minimum atomic E-state index is 0.386. The van der Waals surface area contributed by atoms with Gasteiger partial charge in [0.05, 0.1) is 0 Å². The average molecular weight is 233 g/mol. The third-order valence-corrected chi connectivity index (χ3v) is 3.19. The van der Waals surface area contributed by atoms with Crippen molar-refractivity contribution in [3.63, 3.8) is 0 Å². The van der Waals surface area contributed by atoms with Crippen LogP contribution in [0.4, 0.5) is 5.95 Å². The van der Waals surface area contributed by atoms with Crippen LogP contribution in [0.2, 0.25) is 0 Å². The van der Waals surface area contributed by atoms with Gasteiger partial charge in [0.25, 0.3) is 0 Å². The second kappa shape index (κ2) is 4.33. The number of nitrogens with zero attached hydrogens (tertiary/aromatic N) is 4. The molecular formula is C12H19N5. The third kappa shape index (κ3) is 2.10. The lowest BCUT2D eigenvalue weighted by atomic mass is 10.2. The van der Waals surface area contributed by atoms with Crippen molar-refractivity contribution in [1.29, 1.82) is 0 Å². The number of rotatable bonds is 3. The van der Waals surface area contributed by atoms with Crippen molar-refractivity contribution in [2.75, 3.05) is 19.8 Å². The number of hydrogen-bond acceptors (Lipinski definition) is 4. The summed E-state index contributed by atoms with van der Waals surface area (Å²) in [5.74, 6) is 0.537. The Morgan fingerprint density at radius 1 is 1.47 bits per heavy atom. The number of likely N-dealkylation sites (N-methyl/N-ethyl adjacent to an activating group) is 1. The standard InChI is InChI=1S/C12H19N5/c1-8-5-6-14-11-10(8)15-12(13)17(11)7-9(2)16(3)4/h5-6,9H,7H2,1-4H3,(H2,13,15). The second-order valence-electron chi connectivity index (χ2n) is 4.69. The lowest BCUT2D eigenvalue weighted by Crippen LogP contribution is -2.29. The Morgan fingerprint density at radius 3 is 2.82 bits per heavy atom. The molecule has 0 aliphatic heterocycles. The fourth-order valence-electron chi connectivity index (χ4n) is 1.76. The number of imidazole rings is 1. The van der Waals surface area contributed by atoms with Gasteiger partial charge in [0.15, 0.2) is 5.65 Å². The number of fused-ring (bicyclic) bond motifs is 1. The zero-order valence-corrected chi connectivity index (χ0v) is 10.8. The predicted molar refractivity (Wildman–Crippen MR) is 69.8 cm³/mol. The van der Waals surface area contributed by atoms with Gasteiger partial charge in [-0.25, -0.2) is 9.97 Å². The molecule has 0 radical (unpaired) electrons. The average Bonchev–Trinajstić information content (AvgIpc) is 2.58. The molecule has 0 amide bonds. The molecule has 5 heteroatoms. The molecule has 0 bridgehead atoms. The maximum absolute atomic E-state index is 5.96. The SMILES string of the molecule is Cc1ccnc2c1nc(N)n2CC(C)N(C)C. The van der Waals surface area contributed by atoms with Gasteiger partial charge in [0.1, 0.15) is 5.52 Å². The summed E-state index contributed by atoms with van der Waals surface area (Å²) in [6, 6.07) is 2.34. The first-order valence-corrected chi connectivity index (χ1v) is 5.74. The first-order chi connectivity index (χ1) is 8.00. The van der Waals surface area contributed by atoms with Crippen molar-refractivity contribution in [3.8, 4) is 0 Å². The van der Waals surface area contributed by atoms with Gasteiger partial charge < -0.3 is 10.6 Å². The second-order valence-corrected chi connectivity index (χ2v) is 4.69. The van der Waals surface area contributed by atoms with E-state index in [1.54, 1.807) is 6.20 Å². The van der Waals surface area contributed by atoms with Crippen molar-refractivity contribution in [2.24, 2.45) is 0 Å². The Morgan fingerprint density at radius 2 is 2.18 bits per heavy atom. The third-order valence-electron chi connectivity index (χ3n) is 3.19. The number of hydrogen-bond donors (Lipinski definition) is 1. The van der Waals surface area contributed by atoms with Crippen LogP contribution in [0.3, 0.4) is 0 Å². The number of aromatic nitrogens is 3. The van der Waals surface area contributed by atoms with E-state index in [0.29, 0.717) is 12.0 Å². The lowest BCUT2D eigenvalue weighted by molar-refractivity contribution is 0.286. The molecule has 5 nitrogen and oxygen atoms in total. The van der Waals surface area contributed by atoms with Crippen LogP contribution in [0, 0.1) is 6.92 Å². The van der Waals surface area contributed by atoms with E-state index in [0.717, 1.165) is 23.3 Å². The molecule has 0 aliphatic rings. The number of aryl methyl sites for hydroxylation is 1. The van der Waals surface area contributed by atoms with Crippen LogP contribution in [-0.4, -0.2) is 39.6 Å². The van der Waals surface area contributed by atoms with E-state index in [-0.39, 0.29) is 0 Å². The highest BCUT2D eigenvalue weighted by Crippen LogP contribution is 2.19. The summed E-state index contributed by atoms with van der Waals surface area (Å²) in [4.78, 5) is 10.9. The van der Waals surface area contributed by atoms with Crippen molar-refractivity contribution >= 4 is 17.1 Å². The topological polar surface area (TPSA) is 60.0 Å². The highest BCUT2D eigenvalue weighted by atomic mass is 15.2. The molecule has 2 rings (SSSR count). The van der Waals surface area contributed by atoms with E-state index in [1.807, 2.05) is 17.6 Å². The summed E-state index contributed by atoms with van der Waals surface area (Å²) in [5, 5.41) is 0. The van der Waals surface area contributed by atoms with Crippen LogP contribution < -0.4 is 5.73 Å². The molecule has 1 unspecified atom stereocenters. The molecule has 92 valence electrons. The van der Waals surface area contributed by atoms with Crippen molar-refractivity contribution < 1.29 is 0 Å². The Hall–Kier alpha value is -1.62. The van der Waals surface area contributed by atoms with Crippen LogP contribution in [0.5, 0.6) is 0 Å². The summed E-state index contributed by atoms with van der Waals surface area (Å²) < 4.78 is 1.98. The van der Waals surface area contributed by atoms with Gasteiger partial charge in [-0.3, -0.25) is 4.57 Å². The first kappa shape index (κ1) is 11.9. The smallest absolute Gasteiger partial charge is 0.202 e. The van der Waals surface area contributed by atoms with E-state index in [9.17, 15) is 0 Å². The largest absolute Gasteiger partial charge is 0.369 e. The summed E-state index contributed by atoms with van der Waals surface area (Å²) in [6.45, 7) is 4.98. The van der Waals surface area contributed by atoms with Crippen LogP contribution in [-0.2, 0) is 6.54 Å². The molecule has 0 saturated heterocycles. The van der Waals surface area contributed by atoms with E-state index in [4.69, 9.17) is 5.73 Å². The van der Waals surface area contributed by atoms with Gasteiger partial charge in [-0.15, -0.1) is 0 Å². The molecule has 2 aromatic heterocycles. The van der Waals surface area contributed by atoms with Crippen LogP contribution in [0.25, 0.3) is 11.2 Å². The van der Waals surface area contributed by atoms with Crippen molar-refractivity contribution in [1.82, 2.24) is 19.4 Å². The van der Waals surface area contributed by atoms with Crippen LogP contribution >= 0.6 is 0 Å². The summed E-state index contributed by atoms with van der Waals surface area (Å²) in [7, 11) is 4.11. The number of nitrogens with two attached hydrogens (primary N) is 1. The fourth-order valence-corrected chi connectivity index (χ4v) is 1.76. The predicted octanol–water partition coefficient (Wildman–Crippen LogP) is 1.27. The van der Waals surface area contributed by atoms with Crippen LogP contribution in [0.1, 0.15) is 12.5 Å². The highest BCUT2D eigenvalue weighted by Gasteiger charge is 2.14. The number of nitrogen functional groups attached to an aromatic ring is 1. The van der Waals surface area contributed by atoms with Gasteiger partial charge in [0.2, 0.25) is 5.95 Å². The lowest BCUT2D eigenvalue weighted by Gasteiger charge is -2.20. The molecule has 2 heterocycles.